The van der Waals surface area contributed by atoms with Gasteiger partial charge < -0.3 is 10.2 Å². The smallest absolute Gasteiger partial charge is 0.264 e. The molecule has 196 valence electrons. The number of rotatable bonds is 10. The Kier molecular flexibility index (Phi) is 9.84. The number of amides is 2. The van der Waals surface area contributed by atoms with Crippen LogP contribution in [0.4, 0.5) is 5.69 Å². The molecule has 0 aliphatic carbocycles. The van der Waals surface area contributed by atoms with Crippen molar-refractivity contribution in [2.24, 2.45) is 0 Å². The number of nitrogens with one attached hydrogen (secondary N) is 1. The summed E-state index contributed by atoms with van der Waals surface area (Å²) in [6, 6.07) is 18.0. The van der Waals surface area contributed by atoms with E-state index < -0.39 is 28.5 Å². The van der Waals surface area contributed by atoms with Crippen LogP contribution < -0.4 is 9.62 Å². The van der Waals surface area contributed by atoms with Gasteiger partial charge in [-0.2, -0.15) is 0 Å². The van der Waals surface area contributed by atoms with Gasteiger partial charge in [0.15, 0.2) is 0 Å². The Morgan fingerprint density at radius 1 is 0.919 bits per heavy atom. The van der Waals surface area contributed by atoms with Gasteiger partial charge in [-0.3, -0.25) is 13.9 Å². The summed E-state index contributed by atoms with van der Waals surface area (Å²) >= 11 is 18.4. The van der Waals surface area contributed by atoms with Crippen molar-refractivity contribution in [2.75, 3.05) is 17.4 Å². The van der Waals surface area contributed by atoms with Gasteiger partial charge in [-0.1, -0.05) is 65.1 Å². The molecule has 0 fully saturated rings. The standard InChI is InChI=1S/C26H26Cl3N3O4S/c1-3-30-26(34)18(2)31(16-19-9-11-20(27)12-10-19)25(33)17-32(24-14-13-21(28)15-23(24)29)37(35,36)22-7-5-4-6-8-22/h4-15,18H,3,16-17H2,1-2H3,(H,30,34). The van der Waals surface area contributed by atoms with Crippen LogP contribution in [0.2, 0.25) is 15.1 Å². The lowest BCUT2D eigenvalue weighted by molar-refractivity contribution is -0.139. The Morgan fingerprint density at radius 3 is 2.14 bits per heavy atom. The summed E-state index contributed by atoms with van der Waals surface area (Å²) in [5, 5.41) is 3.60. The van der Waals surface area contributed by atoms with E-state index in [0.29, 0.717) is 16.6 Å². The van der Waals surface area contributed by atoms with Gasteiger partial charge in [0.2, 0.25) is 11.8 Å². The van der Waals surface area contributed by atoms with Crippen molar-refractivity contribution in [1.82, 2.24) is 10.2 Å². The number of sulfonamides is 1. The lowest BCUT2D eigenvalue weighted by Crippen LogP contribution is -2.51. The maximum absolute atomic E-state index is 13.7. The number of nitrogens with zero attached hydrogens (tertiary/aromatic N) is 2. The number of carbonyl (C=O) groups excluding carboxylic acids is 2. The van der Waals surface area contributed by atoms with Gasteiger partial charge in [0.1, 0.15) is 12.6 Å². The molecule has 0 radical (unpaired) electrons. The van der Waals surface area contributed by atoms with Crippen LogP contribution in [-0.2, 0) is 26.2 Å². The van der Waals surface area contributed by atoms with Crippen LogP contribution in [0.3, 0.4) is 0 Å². The highest BCUT2D eigenvalue weighted by Crippen LogP contribution is 2.33. The summed E-state index contributed by atoms with van der Waals surface area (Å²) < 4.78 is 28.3. The fourth-order valence-corrected chi connectivity index (χ4v) is 5.75. The third-order valence-electron chi connectivity index (χ3n) is 5.57. The highest BCUT2D eigenvalue weighted by molar-refractivity contribution is 7.92. The summed E-state index contributed by atoms with van der Waals surface area (Å²) in [4.78, 5) is 27.8. The molecule has 3 aromatic carbocycles. The number of carbonyl (C=O) groups is 2. The molecule has 1 N–H and O–H groups in total. The van der Waals surface area contributed by atoms with E-state index in [1.54, 1.807) is 56.3 Å². The topological polar surface area (TPSA) is 86.8 Å². The molecule has 0 aliphatic rings. The highest BCUT2D eigenvalue weighted by atomic mass is 35.5. The van der Waals surface area contributed by atoms with E-state index in [9.17, 15) is 18.0 Å². The molecule has 0 saturated carbocycles. The molecule has 0 aromatic heterocycles. The Morgan fingerprint density at radius 2 is 1.54 bits per heavy atom. The van der Waals surface area contributed by atoms with E-state index in [1.807, 2.05) is 0 Å². The second-order valence-corrected chi connectivity index (χ2v) is 11.3. The number of likely N-dealkylation sites (N-methyl/N-ethyl adjacent to an activating group) is 1. The van der Waals surface area contributed by atoms with Crippen molar-refractivity contribution < 1.29 is 18.0 Å². The molecule has 0 saturated heterocycles. The van der Waals surface area contributed by atoms with Crippen LogP contribution in [0.25, 0.3) is 0 Å². The zero-order chi connectivity index (χ0) is 27.2. The van der Waals surface area contributed by atoms with E-state index >= 15 is 0 Å². The minimum Gasteiger partial charge on any atom is -0.355 e. The lowest BCUT2D eigenvalue weighted by atomic mass is 10.1. The quantitative estimate of drug-likeness (QED) is 0.347. The zero-order valence-electron chi connectivity index (χ0n) is 20.2. The van der Waals surface area contributed by atoms with Crippen molar-refractivity contribution in [3.63, 3.8) is 0 Å². The van der Waals surface area contributed by atoms with Crippen LogP contribution in [-0.4, -0.2) is 44.3 Å². The SMILES string of the molecule is CCNC(=O)C(C)N(Cc1ccc(Cl)cc1)C(=O)CN(c1ccc(Cl)cc1Cl)S(=O)(=O)c1ccccc1. The average molecular weight is 583 g/mol. The van der Waals surface area contributed by atoms with Gasteiger partial charge in [0.05, 0.1) is 15.6 Å². The van der Waals surface area contributed by atoms with Gasteiger partial charge >= 0.3 is 0 Å². The van der Waals surface area contributed by atoms with Gasteiger partial charge in [0.25, 0.3) is 10.0 Å². The maximum atomic E-state index is 13.7. The Balaban J connectivity index is 2.04. The van der Waals surface area contributed by atoms with E-state index in [1.165, 1.54) is 35.2 Å². The summed E-state index contributed by atoms with van der Waals surface area (Å²) in [7, 11) is -4.21. The van der Waals surface area contributed by atoms with Crippen molar-refractivity contribution >= 4 is 62.3 Å². The Bertz CT molecular complexity index is 1350. The normalized spacial score (nSPS) is 12.0. The van der Waals surface area contributed by atoms with E-state index in [0.717, 1.165) is 9.87 Å². The molecule has 1 atom stereocenters. The lowest BCUT2D eigenvalue weighted by Gasteiger charge is -2.32. The second-order valence-electron chi connectivity index (χ2n) is 8.14. The molecule has 1 unspecified atom stereocenters. The number of hydrogen-bond donors (Lipinski definition) is 1. The molecule has 0 bridgehead atoms. The molecule has 0 aliphatic heterocycles. The summed E-state index contributed by atoms with van der Waals surface area (Å²) in [5.41, 5.74) is 0.802. The first-order valence-electron chi connectivity index (χ1n) is 11.4. The molecule has 0 heterocycles. The molecule has 11 heteroatoms. The average Bonchev–Trinajstić information content (AvgIpc) is 2.87. The van der Waals surface area contributed by atoms with Gasteiger partial charge in [-0.15, -0.1) is 0 Å². The van der Waals surface area contributed by atoms with E-state index in [4.69, 9.17) is 34.8 Å². The number of hydrogen-bond acceptors (Lipinski definition) is 4. The Labute approximate surface area is 232 Å². The number of benzene rings is 3. The molecule has 3 rings (SSSR count). The third-order valence-corrected chi connectivity index (χ3v) is 8.14. The highest BCUT2D eigenvalue weighted by Gasteiger charge is 2.33. The zero-order valence-corrected chi connectivity index (χ0v) is 23.3. The Hall–Kier alpha value is -2.78. The van der Waals surface area contributed by atoms with Gasteiger partial charge in [0, 0.05) is 23.1 Å². The first-order chi connectivity index (χ1) is 17.5. The molecule has 3 aromatic rings. The van der Waals surface area contributed by atoms with Gasteiger partial charge in [-0.05, 0) is 61.9 Å². The van der Waals surface area contributed by atoms with Crippen molar-refractivity contribution in [3.8, 4) is 0 Å². The maximum Gasteiger partial charge on any atom is 0.264 e. The van der Waals surface area contributed by atoms with E-state index in [-0.39, 0.29) is 28.1 Å². The molecule has 7 nitrogen and oxygen atoms in total. The van der Waals surface area contributed by atoms with Crippen LogP contribution in [0.5, 0.6) is 0 Å². The first kappa shape index (κ1) is 28.8. The van der Waals surface area contributed by atoms with Crippen molar-refractivity contribution in [3.05, 3.63) is 93.4 Å². The molecular weight excluding hydrogens is 557 g/mol. The molecule has 2 amide bonds. The summed E-state index contributed by atoms with van der Waals surface area (Å²) in [5.74, 6) is -0.967. The predicted octanol–water partition coefficient (Wildman–Crippen LogP) is 5.40. The third kappa shape index (κ3) is 7.17. The minimum absolute atomic E-state index is 0.0187. The fraction of sp³-hybridized carbons (Fsp3) is 0.231. The van der Waals surface area contributed by atoms with Crippen LogP contribution >= 0.6 is 34.8 Å². The fourth-order valence-electron chi connectivity index (χ4n) is 3.61. The number of anilines is 1. The predicted molar refractivity (Wildman–Crippen MR) is 148 cm³/mol. The second kappa shape index (κ2) is 12.6. The van der Waals surface area contributed by atoms with Crippen LogP contribution in [0.15, 0.2) is 77.7 Å². The monoisotopic (exact) mass is 581 g/mol. The summed E-state index contributed by atoms with van der Waals surface area (Å²) in [6.07, 6.45) is 0. The molecule has 0 spiro atoms. The van der Waals surface area contributed by atoms with Crippen molar-refractivity contribution in [2.45, 2.75) is 31.3 Å². The largest absolute Gasteiger partial charge is 0.355 e. The molecule has 37 heavy (non-hydrogen) atoms. The first-order valence-corrected chi connectivity index (χ1v) is 14.0. The van der Waals surface area contributed by atoms with Crippen LogP contribution in [0, 0.1) is 0 Å². The minimum atomic E-state index is -4.21. The van der Waals surface area contributed by atoms with Gasteiger partial charge in [-0.25, -0.2) is 8.42 Å². The number of halogens is 3. The summed E-state index contributed by atoms with van der Waals surface area (Å²) in [6.45, 7) is 3.19. The van der Waals surface area contributed by atoms with Crippen LogP contribution in [0.1, 0.15) is 19.4 Å². The van der Waals surface area contributed by atoms with Crippen molar-refractivity contribution in [1.29, 1.82) is 0 Å². The molecular formula is C26H26Cl3N3O4S. The van der Waals surface area contributed by atoms with E-state index in [2.05, 4.69) is 5.32 Å².